The van der Waals surface area contributed by atoms with E-state index in [4.69, 9.17) is 0 Å². The van der Waals surface area contributed by atoms with Crippen LogP contribution in [0.15, 0.2) is 0 Å². The number of hydrogen-bond donors (Lipinski definition) is 3. The highest BCUT2D eigenvalue weighted by atomic mass is 32.2. The van der Waals surface area contributed by atoms with Gasteiger partial charge in [0, 0.05) is 32.0 Å². The van der Waals surface area contributed by atoms with Gasteiger partial charge in [-0.2, -0.15) is 0 Å². The zero-order valence-corrected chi connectivity index (χ0v) is 17.9. The van der Waals surface area contributed by atoms with Crippen molar-refractivity contribution in [3.05, 3.63) is 0 Å². The Morgan fingerprint density at radius 2 is 2.04 bits per heavy atom. The average Bonchev–Trinajstić information content (AvgIpc) is 3.26. The Bertz CT molecular complexity index is 631. The molecule has 3 rings (SSSR count). The van der Waals surface area contributed by atoms with Gasteiger partial charge in [0.15, 0.2) is 0 Å². The van der Waals surface area contributed by atoms with Crippen molar-refractivity contribution in [1.82, 2.24) is 15.5 Å². The van der Waals surface area contributed by atoms with Gasteiger partial charge < -0.3 is 20.6 Å². The van der Waals surface area contributed by atoms with Crippen LogP contribution in [0, 0.1) is 17.8 Å². The lowest BCUT2D eigenvalue weighted by Gasteiger charge is -2.38. The van der Waals surface area contributed by atoms with Gasteiger partial charge in [0.2, 0.25) is 17.7 Å². The molecule has 28 heavy (non-hydrogen) atoms. The summed E-state index contributed by atoms with van der Waals surface area (Å²) in [6, 6.07) is -0.571. The summed E-state index contributed by atoms with van der Waals surface area (Å²) in [6.07, 6.45) is 4.33. The van der Waals surface area contributed by atoms with E-state index in [9.17, 15) is 19.5 Å². The number of carbonyl (C=O) groups is 3. The fourth-order valence-corrected chi connectivity index (χ4v) is 7.87. The van der Waals surface area contributed by atoms with Crippen molar-refractivity contribution in [3.63, 3.8) is 0 Å². The first-order valence-electron chi connectivity index (χ1n) is 10.5. The molecule has 0 aliphatic carbocycles. The molecule has 2 bridgehead atoms. The smallest absolute Gasteiger partial charge is 0.244 e. The Kier molecular flexibility index (Phi) is 6.59. The standard InChI is InChI=1S/C20H33N3O4S/c1-4-5-6-8-22-18(26)16-20-12(2)11-13(28-20)14(17(25)21-3)15(20)19(27)23(16)9-7-10-24/h12-16,24H,4-11H2,1-3H3,(H,21,25)(H,22,26)/t12?,13-,14+,15-,16?,20?/m0/s1. The van der Waals surface area contributed by atoms with Gasteiger partial charge in [-0.05, 0) is 25.2 Å². The van der Waals surface area contributed by atoms with E-state index in [1.165, 1.54) is 0 Å². The van der Waals surface area contributed by atoms with Crippen LogP contribution in [0.3, 0.4) is 0 Å². The molecular weight excluding hydrogens is 378 g/mol. The summed E-state index contributed by atoms with van der Waals surface area (Å²) in [5, 5.41) is 15.1. The van der Waals surface area contributed by atoms with Crippen molar-refractivity contribution < 1.29 is 19.5 Å². The number of fused-ring (bicyclic) bond motifs is 1. The predicted octanol–water partition coefficient (Wildman–Crippen LogP) is 0.758. The zero-order valence-electron chi connectivity index (χ0n) is 17.1. The number of carbonyl (C=O) groups excluding carboxylic acids is 3. The van der Waals surface area contributed by atoms with Crippen LogP contribution in [0.5, 0.6) is 0 Å². The molecule has 0 aromatic rings. The molecule has 3 fully saturated rings. The monoisotopic (exact) mass is 411 g/mol. The number of amides is 3. The summed E-state index contributed by atoms with van der Waals surface area (Å²) in [7, 11) is 1.61. The summed E-state index contributed by atoms with van der Waals surface area (Å²) < 4.78 is -0.552. The van der Waals surface area contributed by atoms with Gasteiger partial charge in [0.25, 0.3) is 0 Å². The molecule has 3 aliphatic rings. The third kappa shape index (κ3) is 3.22. The van der Waals surface area contributed by atoms with Crippen molar-refractivity contribution in [2.75, 3.05) is 26.7 Å². The second kappa shape index (κ2) is 8.61. The van der Waals surface area contributed by atoms with Crippen LogP contribution in [0.25, 0.3) is 0 Å². The molecule has 3 heterocycles. The van der Waals surface area contributed by atoms with Gasteiger partial charge in [-0.3, -0.25) is 14.4 Å². The summed E-state index contributed by atoms with van der Waals surface area (Å²) >= 11 is 1.68. The SMILES string of the molecule is CCCCCNC(=O)C1N(CCCO)C(=O)[C@@H]2[C@H](C(=O)NC)[C@@H]3CC(C)C12S3. The van der Waals surface area contributed by atoms with Gasteiger partial charge in [-0.25, -0.2) is 0 Å². The minimum atomic E-state index is -0.571. The Morgan fingerprint density at radius 3 is 2.68 bits per heavy atom. The molecule has 0 aromatic heterocycles. The lowest BCUT2D eigenvalue weighted by molar-refractivity contribution is -0.140. The van der Waals surface area contributed by atoms with Crippen LogP contribution in [0.4, 0.5) is 0 Å². The van der Waals surface area contributed by atoms with E-state index in [1.54, 1.807) is 23.7 Å². The molecule has 8 heteroatoms. The molecule has 0 saturated carbocycles. The lowest BCUT2D eigenvalue weighted by atomic mass is 9.66. The number of unbranched alkanes of at least 4 members (excludes halogenated alkanes) is 2. The number of aliphatic hydroxyl groups excluding tert-OH is 1. The van der Waals surface area contributed by atoms with Gasteiger partial charge in [-0.15, -0.1) is 11.8 Å². The van der Waals surface area contributed by atoms with Crippen LogP contribution in [-0.4, -0.2) is 70.5 Å². The number of aliphatic hydroxyl groups is 1. The van der Waals surface area contributed by atoms with Crippen molar-refractivity contribution in [1.29, 1.82) is 0 Å². The first-order chi connectivity index (χ1) is 13.4. The zero-order chi connectivity index (χ0) is 20.5. The van der Waals surface area contributed by atoms with E-state index in [2.05, 4.69) is 24.5 Å². The maximum Gasteiger partial charge on any atom is 0.244 e. The molecule has 158 valence electrons. The van der Waals surface area contributed by atoms with E-state index in [1.807, 2.05) is 0 Å². The highest BCUT2D eigenvalue weighted by molar-refractivity contribution is 8.02. The van der Waals surface area contributed by atoms with Gasteiger partial charge in [-0.1, -0.05) is 26.7 Å². The molecule has 6 atom stereocenters. The Labute approximate surface area is 171 Å². The van der Waals surface area contributed by atoms with Crippen molar-refractivity contribution in [2.24, 2.45) is 17.8 Å². The summed E-state index contributed by atoms with van der Waals surface area (Å²) in [4.78, 5) is 40.9. The number of rotatable bonds is 9. The van der Waals surface area contributed by atoms with Crippen LogP contribution in [-0.2, 0) is 14.4 Å². The second-order valence-electron chi connectivity index (χ2n) is 8.27. The topological polar surface area (TPSA) is 98.7 Å². The van der Waals surface area contributed by atoms with Crippen LogP contribution >= 0.6 is 11.8 Å². The van der Waals surface area contributed by atoms with E-state index >= 15 is 0 Å². The van der Waals surface area contributed by atoms with Gasteiger partial charge in [0.05, 0.1) is 16.6 Å². The molecule has 3 aliphatic heterocycles. The second-order valence-corrected chi connectivity index (χ2v) is 9.82. The number of nitrogens with zero attached hydrogens (tertiary/aromatic N) is 1. The molecule has 3 N–H and O–H groups in total. The van der Waals surface area contributed by atoms with E-state index in [-0.39, 0.29) is 41.4 Å². The normalized spacial score (nSPS) is 35.9. The number of thioether (sulfide) groups is 1. The maximum atomic E-state index is 13.4. The summed E-state index contributed by atoms with van der Waals surface area (Å²) in [5.74, 6) is -0.970. The third-order valence-electron chi connectivity index (χ3n) is 6.68. The molecule has 0 radical (unpaired) electrons. The fraction of sp³-hybridized carbons (Fsp3) is 0.850. The predicted molar refractivity (Wildman–Crippen MR) is 109 cm³/mol. The molecule has 3 unspecified atom stereocenters. The molecule has 3 saturated heterocycles. The average molecular weight is 412 g/mol. The highest BCUT2D eigenvalue weighted by Crippen LogP contribution is 2.68. The highest BCUT2D eigenvalue weighted by Gasteiger charge is 2.75. The van der Waals surface area contributed by atoms with E-state index in [0.717, 1.165) is 25.7 Å². The molecule has 3 amide bonds. The number of nitrogens with one attached hydrogen (secondary N) is 2. The summed E-state index contributed by atoms with van der Waals surface area (Å²) in [5.41, 5.74) is 0. The molecular formula is C20H33N3O4S. The van der Waals surface area contributed by atoms with E-state index in [0.29, 0.717) is 19.5 Å². The van der Waals surface area contributed by atoms with Gasteiger partial charge in [0.1, 0.15) is 6.04 Å². The van der Waals surface area contributed by atoms with Crippen LogP contribution in [0.2, 0.25) is 0 Å². The number of likely N-dealkylation sites (tertiary alicyclic amines) is 1. The summed E-state index contributed by atoms with van der Waals surface area (Å²) in [6.45, 7) is 5.15. The molecule has 0 aromatic carbocycles. The van der Waals surface area contributed by atoms with Gasteiger partial charge >= 0.3 is 0 Å². The number of hydrogen-bond acceptors (Lipinski definition) is 5. The fourth-order valence-electron chi connectivity index (χ4n) is 5.45. The van der Waals surface area contributed by atoms with Crippen molar-refractivity contribution >= 4 is 29.5 Å². The Morgan fingerprint density at radius 1 is 1.29 bits per heavy atom. The Hall–Kier alpha value is -1.28. The third-order valence-corrected chi connectivity index (χ3v) is 8.76. The van der Waals surface area contributed by atoms with Crippen molar-refractivity contribution in [2.45, 2.75) is 62.0 Å². The first kappa shape index (κ1) is 21.4. The largest absolute Gasteiger partial charge is 0.396 e. The minimum Gasteiger partial charge on any atom is -0.396 e. The lowest BCUT2D eigenvalue weighted by Crippen LogP contribution is -2.56. The van der Waals surface area contributed by atoms with Crippen LogP contribution < -0.4 is 10.6 Å². The first-order valence-corrected chi connectivity index (χ1v) is 11.4. The van der Waals surface area contributed by atoms with Crippen molar-refractivity contribution in [3.8, 4) is 0 Å². The maximum absolute atomic E-state index is 13.4. The minimum absolute atomic E-state index is 0.0313. The van der Waals surface area contributed by atoms with Crippen LogP contribution in [0.1, 0.15) is 46.0 Å². The quantitative estimate of drug-likeness (QED) is 0.487. The molecule has 7 nitrogen and oxygen atoms in total. The molecule has 1 spiro atoms. The Balaban J connectivity index is 1.92. The van der Waals surface area contributed by atoms with E-state index < -0.39 is 16.7 Å².